The maximum atomic E-state index is 11.5. The van der Waals surface area contributed by atoms with Crippen molar-refractivity contribution in [1.29, 1.82) is 0 Å². The molecule has 0 atom stereocenters. The van der Waals surface area contributed by atoms with Crippen molar-refractivity contribution in [3.8, 4) is 0 Å². The molecule has 0 radical (unpaired) electrons. The van der Waals surface area contributed by atoms with Crippen molar-refractivity contribution in [1.82, 2.24) is 10.6 Å². The van der Waals surface area contributed by atoms with Crippen molar-refractivity contribution in [2.75, 3.05) is 13.1 Å². The van der Waals surface area contributed by atoms with E-state index in [-0.39, 0.29) is 6.09 Å². The molecule has 1 fully saturated rings. The maximum absolute atomic E-state index is 11.5. The lowest BCUT2D eigenvalue weighted by molar-refractivity contribution is 0.0527. The Morgan fingerprint density at radius 3 is 2.68 bits per heavy atom. The third kappa shape index (κ3) is 5.61. The van der Waals surface area contributed by atoms with Crippen LogP contribution in [0.4, 0.5) is 4.79 Å². The fraction of sp³-hybridized carbons (Fsp3) is 0.588. The molecule has 2 rings (SSSR count). The molecule has 4 nitrogen and oxygen atoms in total. The molecule has 0 saturated heterocycles. The van der Waals surface area contributed by atoms with Gasteiger partial charge in [0.25, 0.3) is 0 Å². The summed E-state index contributed by atoms with van der Waals surface area (Å²) in [6, 6.07) is 9.08. The lowest BCUT2D eigenvalue weighted by Crippen LogP contribution is -2.44. The second kappa shape index (κ2) is 7.47. The first kappa shape index (κ1) is 17.3. The zero-order valence-corrected chi connectivity index (χ0v) is 15.1. The Morgan fingerprint density at radius 2 is 2.05 bits per heavy atom. The number of halogens is 1. The van der Waals surface area contributed by atoms with Crippen LogP contribution in [0, 0.1) is 0 Å². The van der Waals surface area contributed by atoms with E-state index in [1.54, 1.807) is 0 Å². The number of alkyl carbamates (subject to hydrolysis) is 1. The Hall–Kier alpha value is -1.07. The maximum Gasteiger partial charge on any atom is 0.407 e. The van der Waals surface area contributed by atoms with Gasteiger partial charge in [0, 0.05) is 23.6 Å². The molecule has 0 bridgehead atoms. The Labute approximate surface area is 141 Å². The molecule has 1 aliphatic carbocycles. The van der Waals surface area contributed by atoms with Gasteiger partial charge in [-0.15, -0.1) is 0 Å². The molecule has 0 aliphatic heterocycles. The van der Waals surface area contributed by atoms with E-state index in [9.17, 15) is 4.79 Å². The number of carbonyl (C=O) groups excluding carboxylic acids is 1. The molecule has 1 saturated carbocycles. The summed E-state index contributed by atoms with van der Waals surface area (Å²) in [5, 5.41) is 6.23. The van der Waals surface area contributed by atoms with Crippen LogP contribution in [-0.4, -0.2) is 30.8 Å². The molecule has 1 aliphatic rings. The minimum absolute atomic E-state index is 0.352. The third-order valence-electron chi connectivity index (χ3n) is 3.68. The molecule has 22 heavy (non-hydrogen) atoms. The van der Waals surface area contributed by atoms with E-state index in [1.807, 2.05) is 20.8 Å². The van der Waals surface area contributed by atoms with Crippen LogP contribution in [0.25, 0.3) is 0 Å². The van der Waals surface area contributed by atoms with Crippen LogP contribution < -0.4 is 10.6 Å². The summed E-state index contributed by atoms with van der Waals surface area (Å²) >= 11 is 3.52. The van der Waals surface area contributed by atoms with Gasteiger partial charge in [-0.1, -0.05) is 28.1 Å². The van der Waals surface area contributed by atoms with E-state index in [4.69, 9.17) is 4.74 Å². The molecule has 1 aromatic rings. The predicted octanol–water partition coefficient (Wildman–Crippen LogP) is 3.81. The number of hydrogen-bond donors (Lipinski definition) is 2. The molecular weight excluding hydrogens is 344 g/mol. The Kier molecular flexibility index (Phi) is 5.87. The van der Waals surface area contributed by atoms with E-state index >= 15 is 0 Å². The standard InChI is InChI=1S/C17H25BrN2O2/c1-17(2,3)22-16(21)20-8-7-19-15-10-13(11-15)12-5-4-6-14(18)9-12/h4-6,9,13,15,19H,7-8,10-11H2,1-3H3,(H,20,21). The van der Waals surface area contributed by atoms with Crippen LogP contribution in [0.1, 0.15) is 45.1 Å². The number of nitrogens with one attached hydrogen (secondary N) is 2. The van der Waals surface area contributed by atoms with Crippen molar-refractivity contribution in [3.05, 3.63) is 34.3 Å². The van der Waals surface area contributed by atoms with Gasteiger partial charge in [-0.25, -0.2) is 4.79 Å². The van der Waals surface area contributed by atoms with Gasteiger partial charge in [-0.05, 0) is 57.2 Å². The van der Waals surface area contributed by atoms with E-state index in [1.165, 1.54) is 5.56 Å². The summed E-state index contributed by atoms with van der Waals surface area (Å²) in [6.45, 7) is 6.95. The molecular formula is C17H25BrN2O2. The van der Waals surface area contributed by atoms with Crippen molar-refractivity contribution < 1.29 is 9.53 Å². The zero-order chi connectivity index (χ0) is 16.2. The molecule has 0 spiro atoms. The molecule has 1 amide bonds. The van der Waals surface area contributed by atoms with Gasteiger partial charge in [0.15, 0.2) is 0 Å². The fourth-order valence-electron chi connectivity index (χ4n) is 2.57. The number of carbonyl (C=O) groups is 1. The van der Waals surface area contributed by atoms with E-state index in [2.05, 4.69) is 50.8 Å². The summed E-state index contributed by atoms with van der Waals surface area (Å²) in [4.78, 5) is 11.5. The van der Waals surface area contributed by atoms with Crippen LogP contribution in [0.3, 0.4) is 0 Å². The minimum atomic E-state index is -0.442. The number of rotatable bonds is 5. The molecule has 122 valence electrons. The van der Waals surface area contributed by atoms with Crippen molar-refractivity contribution in [2.24, 2.45) is 0 Å². The van der Waals surface area contributed by atoms with E-state index < -0.39 is 5.60 Å². The molecule has 0 heterocycles. The average Bonchev–Trinajstić information content (AvgIpc) is 2.34. The summed E-state index contributed by atoms with van der Waals surface area (Å²) in [5.74, 6) is 0.647. The normalized spacial score (nSPS) is 21.1. The minimum Gasteiger partial charge on any atom is -0.444 e. The van der Waals surface area contributed by atoms with Crippen molar-refractivity contribution in [3.63, 3.8) is 0 Å². The topological polar surface area (TPSA) is 50.4 Å². The Morgan fingerprint density at radius 1 is 1.32 bits per heavy atom. The van der Waals surface area contributed by atoms with Gasteiger partial charge in [-0.2, -0.15) is 0 Å². The lowest BCUT2D eigenvalue weighted by atomic mass is 9.76. The Balaban J connectivity index is 1.58. The highest BCUT2D eigenvalue weighted by molar-refractivity contribution is 9.10. The highest BCUT2D eigenvalue weighted by Gasteiger charge is 2.29. The van der Waals surface area contributed by atoms with Crippen molar-refractivity contribution >= 4 is 22.0 Å². The summed E-state index contributed by atoms with van der Waals surface area (Å²) in [6.07, 6.45) is 1.96. The van der Waals surface area contributed by atoms with Crippen LogP contribution in [0.5, 0.6) is 0 Å². The monoisotopic (exact) mass is 368 g/mol. The highest BCUT2D eigenvalue weighted by Crippen LogP contribution is 2.37. The SMILES string of the molecule is CC(C)(C)OC(=O)NCCNC1CC(c2cccc(Br)c2)C1. The lowest BCUT2D eigenvalue weighted by Gasteiger charge is -2.36. The quantitative estimate of drug-likeness (QED) is 0.776. The van der Waals surface area contributed by atoms with Gasteiger partial charge < -0.3 is 15.4 Å². The summed E-state index contributed by atoms with van der Waals surface area (Å²) in [5.41, 5.74) is 0.960. The van der Waals surface area contributed by atoms with E-state index in [0.717, 1.165) is 23.9 Å². The van der Waals surface area contributed by atoms with Gasteiger partial charge in [0.1, 0.15) is 5.60 Å². The van der Waals surface area contributed by atoms with Crippen LogP contribution >= 0.6 is 15.9 Å². The largest absolute Gasteiger partial charge is 0.444 e. The first-order valence-electron chi connectivity index (χ1n) is 7.79. The number of benzene rings is 1. The van der Waals surface area contributed by atoms with Crippen LogP contribution in [0.15, 0.2) is 28.7 Å². The first-order chi connectivity index (χ1) is 10.3. The molecule has 0 aromatic heterocycles. The van der Waals surface area contributed by atoms with Gasteiger partial charge in [-0.3, -0.25) is 0 Å². The number of amides is 1. The molecule has 1 aromatic carbocycles. The average molecular weight is 369 g/mol. The molecule has 5 heteroatoms. The van der Waals surface area contributed by atoms with Crippen molar-refractivity contribution in [2.45, 2.75) is 51.2 Å². The van der Waals surface area contributed by atoms with Crippen LogP contribution in [0.2, 0.25) is 0 Å². The zero-order valence-electron chi connectivity index (χ0n) is 13.5. The first-order valence-corrected chi connectivity index (χ1v) is 8.58. The van der Waals surface area contributed by atoms with Gasteiger partial charge in [0.05, 0.1) is 0 Å². The van der Waals surface area contributed by atoms with Crippen LogP contribution in [-0.2, 0) is 4.74 Å². The summed E-state index contributed by atoms with van der Waals surface area (Å²) in [7, 11) is 0. The van der Waals surface area contributed by atoms with Gasteiger partial charge >= 0.3 is 6.09 Å². The molecule has 0 unspecified atom stereocenters. The van der Waals surface area contributed by atoms with Gasteiger partial charge in [0.2, 0.25) is 0 Å². The number of ether oxygens (including phenoxy) is 1. The molecule has 2 N–H and O–H groups in total. The summed E-state index contributed by atoms with van der Waals surface area (Å²) < 4.78 is 6.33. The fourth-order valence-corrected chi connectivity index (χ4v) is 2.99. The predicted molar refractivity (Wildman–Crippen MR) is 92.1 cm³/mol. The van der Waals surface area contributed by atoms with E-state index in [0.29, 0.717) is 18.5 Å². The third-order valence-corrected chi connectivity index (χ3v) is 4.18. The number of hydrogen-bond acceptors (Lipinski definition) is 3. The Bertz CT molecular complexity index is 508. The second-order valence-corrected chi connectivity index (χ2v) is 7.72. The highest BCUT2D eigenvalue weighted by atomic mass is 79.9. The second-order valence-electron chi connectivity index (χ2n) is 6.80. The smallest absolute Gasteiger partial charge is 0.407 e.